The van der Waals surface area contributed by atoms with Crippen LogP contribution in [0.4, 0.5) is 0 Å². The molecule has 1 aromatic carbocycles. The lowest BCUT2D eigenvalue weighted by Crippen LogP contribution is -2.20. The summed E-state index contributed by atoms with van der Waals surface area (Å²) in [6, 6.07) is 6.52. The second-order valence-corrected chi connectivity index (χ2v) is 7.25. The average molecular weight is 431 g/mol. The zero-order valence-electron chi connectivity index (χ0n) is 18.8. The van der Waals surface area contributed by atoms with Gasteiger partial charge >= 0.3 is 5.97 Å². The molecule has 8 heteroatoms. The van der Waals surface area contributed by atoms with Gasteiger partial charge in [-0.2, -0.15) is 0 Å². The fraction of sp³-hybridized carbons (Fsp3) is 0.435. The van der Waals surface area contributed by atoms with E-state index in [1.165, 1.54) is 20.1 Å². The average Bonchev–Trinajstić information content (AvgIpc) is 3.04. The Bertz CT molecular complexity index is 961. The van der Waals surface area contributed by atoms with E-state index in [9.17, 15) is 14.4 Å². The molecule has 0 saturated carbocycles. The van der Waals surface area contributed by atoms with Crippen LogP contribution in [0.25, 0.3) is 0 Å². The van der Waals surface area contributed by atoms with Gasteiger partial charge in [-0.15, -0.1) is 0 Å². The Morgan fingerprint density at radius 3 is 2.35 bits per heavy atom. The molecule has 0 N–H and O–H groups in total. The largest absolute Gasteiger partial charge is 0.493 e. The van der Waals surface area contributed by atoms with E-state index < -0.39 is 12.6 Å². The van der Waals surface area contributed by atoms with Gasteiger partial charge in [0.15, 0.2) is 30.5 Å². The minimum atomic E-state index is -0.687. The summed E-state index contributed by atoms with van der Waals surface area (Å²) >= 11 is 0. The van der Waals surface area contributed by atoms with Crippen molar-refractivity contribution in [3.63, 3.8) is 0 Å². The molecule has 1 aromatic heterocycles. The molecule has 1 heterocycles. The summed E-state index contributed by atoms with van der Waals surface area (Å²) in [4.78, 5) is 36.1. The number of Topliss-reactive ketones (excluding diaryl/α,β-unsaturated/α-hetero) is 2. The fourth-order valence-corrected chi connectivity index (χ4v) is 3.46. The quantitative estimate of drug-likeness (QED) is 0.398. The summed E-state index contributed by atoms with van der Waals surface area (Å²) < 4.78 is 22.9. The van der Waals surface area contributed by atoms with Crippen molar-refractivity contribution in [2.75, 3.05) is 34.0 Å². The lowest BCUT2D eigenvalue weighted by Gasteiger charge is -2.17. The Balaban J connectivity index is 1.96. The summed E-state index contributed by atoms with van der Waals surface area (Å²) in [6.45, 7) is 6.96. The molecule has 0 aliphatic heterocycles. The first-order valence-corrected chi connectivity index (χ1v) is 9.87. The van der Waals surface area contributed by atoms with Crippen molar-refractivity contribution in [2.45, 2.75) is 33.7 Å². The predicted octanol–water partition coefficient (Wildman–Crippen LogP) is 3.33. The van der Waals surface area contributed by atoms with Gasteiger partial charge in [0.1, 0.15) is 0 Å². The topological polar surface area (TPSA) is 93.1 Å². The van der Waals surface area contributed by atoms with Crippen LogP contribution in [0, 0.1) is 13.8 Å². The molecule has 0 radical (unpaired) electrons. The first-order valence-electron chi connectivity index (χ1n) is 9.87. The van der Waals surface area contributed by atoms with Gasteiger partial charge in [0.2, 0.25) is 5.78 Å². The third-order valence-electron chi connectivity index (χ3n) is 4.91. The van der Waals surface area contributed by atoms with E-state index >= 15 is 0 Å². The predicted molar refractivity (Wildman–Crippen MR) is 114 cm³/mol. The van der Waals surface area contributed by atoms with Gasteiger partial charge < -0.3 is 23.5 Å². The number of rotatable bonds is 11. The molecule has 2 rings (SSSR count). The van der Waals surface area contributed by atoms with E-state index in [-0.39, 0.29) is 24.2 Å². The van der Waals surface area contributed by atoms with E-state index in [1.807, 2.05) is 25.3 Å². The molecule has 0 bridgehead atoms. The number of esters is 1. The molecule has 0 aliphatic carbocycles. The lowest BCUT2D eigenvalue weighted by atomic mass is 10.1. The minimum absolute atomic E-state index is 0.0758. The number of carbonyl (C=O) groups excluding carboxylic acids is 3. The molecule has 0 fully saturated rings. The van der Waals surface area contributed by atoms with Crippen molar-refractivity contribution in [1.82, 2.24) is 4.57 Å². The van der Waals surface area contributed by atoms with Crippen molar-refractivity contribution < 1.29 is 33.3 Å². The normalized spacial score (nSPS) is 11.7. The number of methoxy groups -OCH3 is 2. The van der Waals surface area contributed by atoms with Gasteiger partial charge in [0.05, 0.1) is 19.8 Å². The maximum Gasteiger partial charge on any atom is 0.344 e. The molecule has 0 saturated heterocycles. The minimum Gasteiger partial charge on any atom is -0.493 e. The van der Waals surface area contributed by atoms with Gasteiger partial charge in [0.25, 0.3) is 0 Å². The van der Waals surface area contributed by atoms with Gasteiger partial charge in [-0.05, 0) is 52.0 Å². The van der Waals surface area contributed by atoms with Gasteiger partial charge in [-0.3, -0.25) is 9.59 Å². The van der Waals surface area contributed by atoms with E-state index in [2.05, 4.69) is 0 Å². The molecule has 1 atom stereocenters. The smallest absolute Gasteiger partial charge is 0.344 e. The van der Waals surface area contributed by atoms with Gasteiger partial charge in [-0.25, -0.2) is 4.79 Å². The van der Waals surface area contributed by atoms with Crippen molar-refractivity contribution in [1.29, 1.82) is 0 Å². The highest BCUT2D eigenvalue weighted by Gasteiger charge is 2.20. The van der Waals surface area contributed by atoms with Gasteiger partial charge in [-0.1, -0.05) is 0 Å². The molecule has 8 nitrogen and oxygen atoms in total. The Labute approximate surface area is 182 Å². The number of hydrogen-bond donors (Lipinski definition) is 0. The molecule has 168 valence electrons. The number of aryl methyl sites for hydroxylation is 1. The zero-order chi connectivity index (χ0) is 23.1. The Morgan fingerprint density at radius 2 is 1.74 bits per heavy atom. The molecule has 31 heavy (non-hydrogen) atoms. The number of hydrogen-bond acceptors (Lipinski definition) is 7. The highest BCUT2D eigenvalue weighted by atomic mass is 16.6. The summed E-state index contributed by atoms with van der Waals surface area (Å²) in [5.74, 6) is -0.465. The summed E-state index contributed by atoms with van der Waals surface area (Å²) in [5.41, 5.74) is 2.71. The second-order valence-electron chi connectivity index (χ2n) is 7.25. The van der Waals surface area contributed by atoms with Crippen LogP contribution in [-0.2, 0) is 14.3 Å². The SMILES string of the molecule is COC[C@H](C)n1c(C)cc(C(=O)COC(=O)COc2ccc(C(C)=O)cc2OC)c1C. The standard InChI is InChI=1S/C23H29NO7/c1-14-9-19(16(3)24(14)15(2)11-28-5)20(26)12-31-23(27)13-30-21-8-7-18(17(4)25)10-22(21)29-6/h7-10,15H,11-13H2,1-6H3/t15-/m0/s1. The first kappa shape index (κ1) is 24.1. The Hall–Kier alpha value is -3.13. The molecular weight excluding hydrogens is 402 g/mol. The number of nitrogens with zero attached hydrogens (tertiary/aromatic N) is 1. The molecule has 0 unspecified atom stereocenters. The molecule has 0 spiro atoms. The van der Waals surface area contributed by atoms with Crippen LogP contribution < -0.4 is 9.47 Å². The maximum absolute atomic E-state index is 12.6. The van der Waals surface area contributed by atoms with Crippen LogP contribution in [0.15, 0.2) is 24.3 Å². The Morgan fingerprint density at radius 1 is 1.03 bits per heavy atom. The monoisotopic (exact) mass is 431 g/mol. The van der Waals surface area contributed by atoms with Crippen LogP contribution in [0.1, 0.15) is 52.0 Å². The second kappa shape index (κ2) is 10.8. The fourth-order valence-electron chi connectivity index (χ4n) is 3.46. The van der Waals surface area contributed by atoms with Crippen molar-refractivity contribution >= 4 is 17.5 Å². The van der Waals surface area contributed by atoms with Crippen LogP contribution in [-0.4, -0.2) is 56.1 Å². The van der Waals surface area contributed by atoms with Crippen LogP contribution in [0.3, 0.4) is 0 Å². The number of aromatic nitrogens is 1. The van der Waals surface area contributed by atoms with Crippen LogP contribution >= 0.6 is 0 Å². The highest BCUT2D eigenvalue weighted by molar-refractivity contribution is 5.99. The van der Waals surface area contributed by atoms with Gasteiger partial charge in [0, 0.05) is 29.6 Å². The first-order chi connectivity index (χ1) is 14.7. The van der Waals surface area contributed by atoms with Crippen molar-refractivity contribution in [3.8, 4) is 11.5 Å². The third kappa shape index (κ3) is 5.95. The molecular formula is C23H29NO7. The summed E-state index contributed by atoms with van der Waals surface area (Å²) in [7, 11) is 3.07. The number of ether oxygens (including phenoxy) is 4. The van der Waals surface area contributed by atoms with Crippen molar-refractivity contribution in [3.05, 3.63) is 46.8 Å². The van der Waals surface area contributed by atoms with E-state index in [0.717, 1.165) is 11.4 Å². The lowest BCUT2D eigenvalue weighted by molar-refractivity contribution is -0.144. The van der Waals surface area contributed by atoms with Crippen LogP contribution in [0.2, 0.25) is 0 Å². The summed E-state index contributed by atoms with van der Waals surface area (Å²) in [6.07, 6.45) is 0. The maximum atomic E-state index is 12.6. The Kier molecular flexibility index (Phi) is 8.38. The van der Waals surface area contributed by atoms with E-state index in [1.54, 1.807) is 25.3 Å². The van der Waals surface area contributed by atoms with E-state index in [4.69, 9.17) is 18.9 Å². The molecule has 2 aromatic rings. The van der Waals surface area contributed by atoms with Crippen LogP contribution in [0.5, 0.6) is 11.5 Å². The molecule has 0 aliphatic rings. The highest BCUT2D eigenvalue weighted by Crippen LogP contribution is 2.28. The zero-order valence-corrected chi connectivity index (χ0v) is 18.8. The number of benzene rings is 1. The summed E-state index contributed by atoms with van der Waals surface area (Å²) in [5, 5.41) is 0. The third-order valence-corrected chi connectivity index (χ3v) is 4.91. The number of ketones is 2. The number of carbonyl (C=O) groups is 3. The van der Waals surface area contributed by atoms with E-state index in [0.29, 0.717) is 29.2 Å². The van der Waals surface area contributed by atoms with Crippen molar-refractivity contribution in [2.24, 2.45) is 0 Å². The molecule has 0 amide bonds.